The second kappa shape index (κ2) is 3.69. The van der Waals surface area contributed by atoms with E-state index < -0.39 is 0 Å². The van der Waals surface area contributed by atoms with E-state index in [0.717, 1.165) is 5.69 Å². The third kappa shape index (κ3) is 1.77. The van der Waals surface area contributed by atoms with Crippen molar-refractivity contribution in [3.63, 3.8) is 0 Å². The normalized spacial score (nSPS) is 9.71. The summed E-state index contributed by atoms with van der Waals surface area (Å²) in [6.45, 7) is 0. The van der Waals surface area contributed by atoms with Gasteiger partial charge in [0, 0.05) is 5.69 Å². The van der Waals surface area contributed by atoms with Gasteiger partial charge in [0.25, 0.3) is 0 Å². The van der Waals surface area contributed by atoms with Crippen molar-refractivity contribution in [2.24, 2.45) is 0 Å². The number of anilines is 2. The maximum Gasteiger partial charge on any atom is 0.242 e. The number of para-hydroxylation sites is 1. The van der Waals surface area contributed by atoms with E-state index in [2.05, 4.69) is 20.7 Å². The number of aromatic nitrogens is 3. The lowest BCUT2D eigenvalue weighted by Gasteiger charge is -2.01. The van der Waals surface area contributed by atoms with Gasteiger partial charge in [0.05, 0.1) is 0 Å². The molecule has 0 amide bonds. The van der Waals surface area contributed by atoms with E-state index >= 15 is 0 Å². The lowest BCUT2D eigenvalue weighted by atomic mass is 10.3. The summed E-state index contributed by atoms with van der Waals surface area (Å²) in [5.41, 5.74) is 0.573. The Kier molecular flexibility index (Phi) is 2.22. The van der Waals surface area contributed by atoms with Crippen molar-refractivity contribution in [1.82, 2.24) is 15.4 Å². The van der Waals surface area contributed by atoms with E-state index in [4.69, 9.17) is 0 Å². The molecule has 14 heavy (non-hydrogen) atoms. The average Bonchev–Trinajstić information content (AvgIpc) is 2.23. The zero-order valence-electron chi connectivity index (χ0n) is 7.27. The summed E-state index contributed by atoms with van der Waals surface area (Å²) >= 11 is 0. The average molecular weight is 188 g/mol. The fourth-order valence-corrected chi connectivity index (χ4v) is 1.03. The first-order valence-electron chi connectivity index (χ1n) is 4.08. The zero-order chi connectivity index (χ0) is 9.80. The fraction of sp³-hybridized carbons (Fsp3) is 0. The summed E-state index contributed by atoms with van der Waals surface area (Å²) in [6, 6.07) is 9.34. The van der Waals surface area contributed by atoms with E-state index in [1.165, 1.54) is 6.20 Å². The largest absolute Gasteiger partial charge is 0.335 e. The summed E-state index contributed by atoms with van der Waals surface area (Å²) in [4.78, 5) is 11.2. The first kappa shape index (κ1) is 8.43. The van der Waals surface area contributed by atoms with Crippen LogP contribution in [0.1, 0.15) is 0 Å². The molecular formula is C9H8N4O. The standard InChI is InChI=1S/C9H8N4O/c14-8-6-10-13-12-9(8)11-7-4-2-1-3-5-7/h1-6H,(H,13,14)(H,10,11,12). The fourth-order valence-electron chi connectivity index (χ4n) is 1.03. The number of aromatic amines is 1. The Bertz CT molecular complexity index is 465. The molecule has 0 aliphatic heterocycles. The Morgan fingerprint density at radius 1 is 1.21 bits per heavy atom. The molecule has 2 rings (SSSR count). The lowest BCUT2D eigenvalue weighted by Crippen LogP contribution is -2.11. The van der Waals surface area contributed by atoms with E-state index in [1.807, 2.05) is 30.3 Å². The lowest BCUT2D eigenvalue weighted by molar-refractivity contribution is 0.861. The van der Waals surface area contributed by atoms with Gasteiger partial charge < -0.3 is 5.32 Å². The van der Waals surface area contributed by atoms with Gasteiger partial charge in [-0.1, -0.05) is 18.2 Å². The number of rotatable bonds is 2. The highest BCUT2D eigenvalue weighted by Gasteiger charge is 1.99. The van der Waals surface area contributed by atoms with Crippen molar-refractivity contribution in [3.8, 4) is 0 Å². The summed E-state index contributed by atoms with van der Waals surface area (Å²) in [7, 11) is 0. The molecule has 2 N–H and O–H groups in total. The molecule has 1 aromatic heterocycles. The van der Waals surface area contributed by atoms with Crippen molar-refractivity contribution in [3.05, 3.63) is 46.8 Å². The number of nitrogens with zero attached hydrogens (tertiary/aromatic N) is 2. The maximum absolute atomic E-state index is 11.2. The zero-order valence-corrected chi connectivity index (χ0v) is 7.27. The molecule has 0 saturated carbocycles. The van der Waals surface area contributed by atoms with Crippen LogP contribution in [0.5, 0.6) is 0 Å². The van der Waals surface area contributed by atoms with E-state index in [9.17, 15) is 4.79 Å². The van der Waals surface area contributed by atoms with Gasteiger partial charge in [-0.25, -0.2) is 0 Å². The molecule has 0 unspecified atom stereocenters. The van der Waals surface area contributed by atoms with Crippen LogP contribution in [0.15, 0.2) is 41.3 Å². The van der Waals surface area contributed by atoms with Crippen molar-refractivity contribution in [2.75, 3.05) is 5.32 Å². The van der Waals surface area contributed by atoms with Crippen LogP contribution < -0.4 is 10.7 Å². The van der Waals surface area contributed by atoms with Crippen LogP contribution in [-0.4, -0.2) is 15.4 Å². The highest BCUT2D eigenvalue weighted by atomic mass is 16.1. The van der Waals surface area contributed by atoms with Gasteiger partial charge in [-0.3, -0.25) is 4.79 Å². The van der Waals surface area contributed by atoms with Gasteiger partial charge >= 0.3 is 0 Å². The molecule has 0 spiro atoms. The second-order valence-corrected chi connectivity index (χ2v) is 2.67. The molecule has 0 fully saturated rings. The van der Waals surface area contributed by atoms with Crippen molar-refractivity contribution in [1.29, 1.82) is 0 Å². The Labute approximate surface area is 79.8 Å². The first-order chi connectivity index (χ1) is 6.86. The molecule has 1 aromatic carbocycles. The predicted octanol–water partition coefficient (Wildman–Crippen LogP) is 0.908. The third-order valence-electron chi connectivity index (χ3n) is 1.67. The van der Waals surface area contributed by atoms with E-state index in [0.29, 0.717) is 0 Å². The summed E-state index contributed by atoms with van der Waals surface area (Å²) in [5, 5.41) is 12.4. The smallest absolute Gasteiger partial charge is 0.242 e. The molecule has 0 aliphatic rings. The van der Waals surface area contributed by atoms with E-state index in [1.54, 1.807) is 0 Å². The van der Waals surface area contributed by atoms with Crippen LogP contribution in [0.2, 0.25) is 0 Å². The van der Waals surface area contributed by atoms with Gasteiger partial charge in [-0.2, -0.15) is 10.3 Å². The Hall–Kier alpha value is -2.17. The van der Waals surface area contributed by atoms with Crippen molar-refractivity contribution >= 4 is 11.5 Å². The van der Waals surface area contributed by atoms with Crippen LogP contribution in [0, 0.1) is 0 Å². The predicted molar refractivity (Wildman–Crippen MR) is 52.4 cm³/mol. The minimum Gasteiger partial charge on any atom is -0.335 e. The molecule has 0 atom stereocenters. The van der Waals surface area contributed by atoms with Crippen LogP contribution in [0.4, 0.5) is 11.5 Å². The summed E-state index contributed by atoms with van der Waals surface area (Å²) in [5.74, 6) is 0.242. The van der Waals surface area contributed by atoms with Gasteiger partial charge in [0.1, 0.15) is 6.20 Å². The topological polar surface area (TPSA) is 70.7 Å². The molecule has 1 heterocycles. The summed E-state index contributed by atoms with van der Waals surface area (Å²) in [6.07, 6.45) is 1.18. The number of benzene rings is 1. The number of nitrogens with one attached hydrogen (secondary N) is 2. The first-order valence-corrected chi connectivity index (χ1v) is 4.08. The van der Waals surface area contributed by atoms with Crippen LogP contribution in [0.25, 0.3) is 0 Å². The SMILES string of the molecule is O=c1cn[nH]nc1Nc1ccccc1. The Morgan fingerprint density at radius 2 is 2.00 bits per heavy atom. The maximum atomic E-state index is 11.2. The van der Waals surface area contributed by atoms with Gasteiger partial charge in [-0.15, -0.1) is 5.10 Å². The Morgan fingerprint density at radius 3 is 2.71 bits per heavy atom. The molecular weight excluding hydrogens is 180 g/mol. The van der Waals surface area contributed by atoms with Crippen molar-refractivity contribution in [2.45, 2.75) is 0 Å². The van der Waals surface area contributed by atoms with Crippen LogP contribution in [-0.2, 0) is 0 Å². The number of hydrogen-bond donors (Lipinski definition) is 2. The molecule has 0 radical (unpaired) electrons. The van der Waals surface area contributed by atoms with Gasteiger partial charge in [0.2, 0.25) is 11.2 Å². The van der Waals surface area contributed by atoms with Gasteiger partial charge in [-0.05, 0) is 12.1 Å². The van der Waals surface area contributed by atoms with Crippen LogP contribution >= 0.6 is 0 Å². The third-order valence-corrected chi connectivity index (χ3v) is 1.67. The highest BCUT2D eigenvalue weighted by molar-refractivity contribution is 5.54. The minimum absolute atomic E-state index is 0.242. The molecule has 70 valence electrons. The quantitative estimate of drug-likeness (QED) is 0.734. The second-order valence-electron chi connectivity index (χ2n) is 2.67. The molecule has 5 nitrogen and oxygen atoms in total. The minimum atomic E-state index is -0.243. The monoisotopic (exact) mass is 188 g/mol. The Balaban J connectivity index is 2.28. The van der Waals surface area contributed by atoms with Gasteiger partial charge in [0.15, 0.2) is 0 Å². The van der Waals surface area contributed by atoms with E-state index in [-0.39, 0.29) is 11.2 Å². The highest BCUT2D eigenvalue weighted by Crippen LogP contribution is 2.08. The summed E-state index contributed by atoms with van der Waals surface area (Å²) < 4.78 is 0. The molecule has 0 saturated heterocycles. The van der Waals surface area contributed by atoms with Crippen LogP contribution in [0.3, 0.4) is 0 Å². The number of hydrogen-bond acceptors (Lipinski definition) is 4. The number of H-pyrrole nitrogens is 1. The molecule has 0 aliphatic carbocycles. The molecule has 5 heteroatoms. The molecule has 2 aromatic rings. The molecule has 0 bridgehead atoms. The van der Waals surface area contributed by atoms with Crippen molar-refractivity contribution < 1.29 is 0 Å².